The van der Waals surface area contributed by atoms with Crippen LogP contribution in [-0.2, 0) is 25.0 Å². The Morgan fingerprint density at radius 1 is 1.25 bits per heavy atom. The van der Waals surface area contributed by atoms with Gasteiger partial charge >= 0.3 is 19.5 Å². The van der Waals surface area contributed by atoms with E-state index in [1.165, 1.54) is 4.70 Å². The van der Waals surface area contributed by atoms with Crippen molar-refractivity contribution in [1.82, 2.24) is 4.98 Å². The standard InChI is InChI=1S/C7H5NS2.O.Zn/c9-7-8-5-3-1-2-4-6(5)10-7;;/h1-4H,(H,8,9);;/q;-2;+2. The number of hydrogen-bond donors (Lipinski definition) is 1. The molecule has 2 aromatic rings. The fraction of sp³-hybridized carbons (Fsp3) is 0. The van der Waals surface area contributed by atoms with Crippen LogP contribution in [0.25, 0.3) is 10.2 Å². The second-order valence-electron chi connectivity index (χ2n) is 2.01. The van der Waals surface area contributed by atoms with Crippen LogP contribution in [0, 0.1) is 3.95 Å². The van der Waals surface area contributed by atoms with E-state index >= 15 is 0 Å². The van der Waals surface area contributed by atoms with Crippen molar-refractivity contribution in [3.63, 3.8) is 0 Å². The number of hydrogen-bond acceptors (Lipinski definition) is 2. The largest absolute Gasteiger partial charge is 2.00 e. The molecule has 1 aromatic heterocycles. The van der Waals surface area contributed by atoms with Gasteiger partial charge in [-0.25, -0.2) is 0 Å². The fourth-order valence-corrected chi connectivity index (χ4v) is 2.01. The average molecular weight is 249 g/mol. The van der Waals surface area contributed by atoms with Gasteiger partial charge in [-0.1, -0.05) is 12.1 Å². The third kappa shape index (κ3) is 2.20. The predicted octanol–water partition coefficient (Wildman–Crippen LogP) is 2.84. The van der Waals surface area contributed by atoms with Crippen molar-refractivity contribution in [3.05, 3.63) is 28.2 Å². The summed E-state index contributed by atoms with van der Waals surface area (Å²) in [5.41, 5.74) is 1.14. The minimum atomic E-state index is 0. The molecule has 1 aromatic carbocycles. The summed E-state index contributed by atoms with van der Waals surface area (Å²) in [4.78, 5) is 3.09. The van der Waals surface area contributed by atoms with E-state index in [2.05, 4.69) is 11.1 Å². The van der Waals surface area contributed by atoms with Crippen molar-refractivity contribution < 1.29 is 25.0 Å². The van der Waals surface area contributed by atoms with Crippen LogP contribution in [-0.4, -0.2) is 4.98 Å². The van der Waals surface area contributed by atoms with Gasteiger partial charge in [0.2, 0.25) is 0 Å². The molecule has 12 heavy (non-hydrogen) atoms. The molecule has 5 heteroatoms. The molecule has 0 radical (unpaired) electrons. The number of nitrogens with one attached hydrogen (secondary N) is 1. The number of fused-ring (bicyclic) bond motifs is 1. The van der Waals surface area contributed by atoms with Crippen LogP contribution >= 0.6 is 23.6 Å². The molecular formula is C7H5NOS2Zn. The molecule has 0 bridgehead atoms. The minimum Gasteiger partial charge on any atom is -2.00 e. The molecule has 2 rings (SSSR count). The second kappa shape index (κ2) is 4.82. The van der Waals surface area contributed by atoms with Crippen LogP contribution in [0.1, 0.15) is 0 Å². The number of para-hydroxylation sites is 1. The molecule has 2 nitrogen and oxygen atoms in total. The van der Waals surface area contributed by atoms with Gasteiger partial charge in [-0.3, -0.25) is 0 Å². The van der Waals surface area contributed by atoms with Crippen LogP contribution in [0.2, 0.25) is 0 Å². The molecule has 0 atom stereocenters. The zero-order valence-electron chi connectivity index (χ0n) is 6.24. The quantitative estimate of drug-likeness (QED) is 0.565. The SMILES string of the molecule is S=c1[nH]c2ccccc2s1.[O-2].[Zn+2]. The first-order chi connectivity index (χ1) is 4.86. The molecule has 0 saturated heterocycles. The minimum absolute atomic E-state index is 0. The maximum absolute atomic E-state index is 4.98. The first-order valence-corrected chi connectivity index (χ1v) is 4.16. The van der Waals surface area contributed by atoms with E-state index in [1.54, 1.807) is 11.3 Å². The van der Waals surface area contributed by atoms with Gasteiger partial charge in [0.15, 0.2) is 3.95 Å². The Balaban J connectivity index is 0.000000605. The van der Waals surface area contributed by atoms with E-state index in [0.717, 1.165) is 9.47 Å². The summed E-state index contributed by atoms with van der Waals surface area (Å²) >= 11 is 6.59. The third-order valence-corrected chi connectivity index (χ3v) is 2.54. The Morgan fingerprint density at radius 3 is 2.58 bits per heavy atom. The van der Waals surface area contributed by atoms with Gasteiger partial charge in [-0.15, -0.1) is 11.3 Å². The summed E-state index contributed by atoms with van der Waals surface area (Å²) in [6, 6.07) is 8.11. The Morgan fingerprint density at radius 2 is 1.92 bits per heavy atom. The van der Waals surface area contributed by atoms with Crippen LogP contribution in [0.3, 0.4) is 0 Å². The maximum Gasteiger partial charge on any atom is 2.00 e. The molecule has 0 spiro atoms. The number of thiazole rings is 1. The zero-order chi connectivity index (χ0) is 6.97. The van der Waals surface area contributed by atoms with Crippen molar-refractivity contribution in [2.75, 3.05) is 0 Å². The molecule has 58 valence electrons. The first kappa shape index (κ1) is 11.9. The number of H-pyrrole nitrogens is 1. The van der Waals surface area contributed by atoms with E-state index in [-0.39, 0.29) is 25.0 Å². The average Bonchev–Trinajstić information content (AvgIpc) is 2.27. The summed E-state index contributed by atoms with van der Waals surface area (Å²) in [7, 11) is 0. The molecule has 0 unspecified atom stereocenters. The topological polar surface area (TPSA) is 44.3 Å². The second-order valence-corrected chi connectivity index (χ2v) is 3.73. The van der Waals surface area contributed by atoms with Crippen LogP contribution in [0.5, 0.6) is 0 Å². The van der Waals surface area contributed by atoms with Gasteiger partial charge in [-0.2, -0.15) is 0 Å². The Kier molecular flexibility index (Phi) is 4.79. The molecule has 0 aliphatic carbocycles. The maximum atomic E-state index is 4.98. The molecular weight excluding hydrogens is 244 g/mol. The number of aromatic nitrogens is 1. The van der Waals surface area contributed by atoms with Gasteiger partial charge < -0.3 is 10.5 Å². The van der Waals surface area contributed by atoms with E-state index in [9.17, 15) is 0 Å². The summed E-state index contributed by atoms with van der Waals surface area (Å²) in [5, 5.41) is 0. The number of benzene rings is 1. The van der Waals surface area contributed by atoms with Crippen LogP contribution in [0.4, 0.5) is 0 Å². The van der Waals surface area contributed by atoms with Gasteiger partial charge in [0.05, 0.1) is 10.2 Å². The van der Waals surface area contributed by atoms with Crippen molar-refractivity contribution >= 4 is 33.8 Å². The van der Waals surface area contributed by atoms with Crippen molar-refractivity contribution in [3.8, 4) is 0 Å². The van der Waals surface area contributed by atoms with Crippen molar-refractivity contribution in [2.45, 2.75) is 0 Å². The predicted molar refractivity (Wildman–Crippen MR) is 47.7 cm³/mol. The van der Waals surface area contributed by atoms with Gasteiger partial charge in [-0.05, 0) is 24.4 Å². The number of rotatable bonds is 0. The van der Waals surface area contributed by atoms with Gasteiger partial charge in [0.25, 0.3) is 0 Å². The van der Waals surface area contributed by atoms with Gasteiger partial charge in [0.1, 0.15) is 0 Å². The molecule has 0 fully saturated rings. The van der Waals surface area contributed by atoms with Crippen LogP contribution in [0.15, 0.2) is 24.3 Å². The smallest absolute Gasteiger partial charge is 2.00 e. The Hall–Kier alpha value is -0.0866. The van der Waals surface area contributed by atoms with E-state index in [0.29, 0.717) is 0 Å². The normalized spacial score (nSPS) is 8.67. The molecule has 0 saturated carbocycles. The fourth-order valence-electron chi connectivity index (χ4n) is 0.894. The first-order valence-electron chi connectivity index (χ1n) is 2.94. The molecule has 0 aliphatic heterocycles. The van der Waals surface area contributed by atoms with E-state index < -0.39 is 0 Å². The molecule has 0 aliphatic rings. The molecule has 0 amide bonds. The molecule has 1 N–H and O–H groups in total. The zero-order valence-corrected chi connectivity index (χ0v) is 10.8. The molecule has 1 heterocycles. The summed E-state index contributed by atoms with van der Waals surface area (Å²) in [6.07, 6.45) is 0. The monoisotopic (exact) mass is 247 g/mol. The third-order valence-electron chi connectivity index (χ3n) is 1.33. The van der Waals surface area contributed by atoms with Crippen molar-refractivity contribution in [1.29, 1.82) is 0 Å². The Bertz CT molecular complexity index is 373. The summed E-state index contributed by atoms with van der Waals surface area (Å²) in [6.45, 7) is 0. The Labute approximate surface area is 91.7 Å². The van der Waals surface area contributed by atoms with Crippen molar-refractivity contribution in [2.24, 2.45) is 0 Å². The van der Waals surface area contributed by atoms with Gasteiger partial charge in [0, 0.05) is 0 Å². The van der Waals surface area contributed by atoms with E-state index in [1.807, 2.05) is 18.2 Å². The van der Waals surface area contributed by atoms with Crippen LogP contribution < -0.4 is 0 Å². The summed E-state index contributed by atoms with van der Waals surface area (Å²) in [5.74, 6) is 0. The van der Waals surface area contributed by atoms with E-state index in [4.69, 9.17) is 12.2 Å². The number of aromatic amines is 1. The summed E-state index contributed by atoms with van der Waals surface area (Å²) < 4.78 is 2.08.